The molecule has 0 radical (unpaired) electrons. The van der Waals surface area contributed by atoms with Gasteiger partial charge in [0.15, 0.2) is 0 Å². The lowest BCUT2D eigenvalue weighted by molar-refractivity contribution is -0.139. The van der Waals surface area contributed by atoms with Crippen LogP contribution in [-0.2, 0) is 53.8 Å². The third-order valence-corrected chi connectivity index (χ3v) is 13.0. The Morgan fingerprint density at radius 2 is 0.604 bits per heavy atom. The molecular weight excluding hydrogens is 1170 g/mol. The molecule has 0 fully saturated rings. The number of nitrogens with one attached hydrogen (secondary N) is 3. The summed E-state index contributed by atoms with van der Waals surface area (Å²) >= 11 is 0. The topological polar surface area (TPSA) is 310 Å². The number of carbonyl (C=O) groups excluding carboxylic acids is 8. The van der Waals surface area contributed by atoms with Gasteiger partial charge in [-0.2, -0.15) is 0 Å². The molecule has 6 aromatic carbocycles. The van der Waals surface area contributed by atoms with Gasteiger partial charge in [-0.25, -0.2) is 43.3 Å². The second-order valence-electron chi connectivity index (χ2n) is 20.1. The van der Waals surface area contributed by atoms with Crippen LogP contribution in [0.5, 0.6) is 34.5 Å². The molecule has 0 aliphatic rings. The highest BCUT2D eigenvalue weighted by molar-refractivity contribution is 5.88. The van der Waals surface area contributed by atoms with Crippen molar-refractivity contribution in [2.75, 3.05) is 52.6 Å². The third kappa shape index (κ3) is 23.8. The van der Waals surface area contributed by atoms with Crippen molar-refractivity contribution < 1.29 is 86.8 Å². The van der Waals surface area contributed by atoms with E-state index in [0.717, 1.165) is 33.4 Å². The first-order valence-corrected chi connectivity index (χ1v) is 27.7. The van der Waals surface area contributed by atoms with Gasteiger partial charge in [0.2, 0.25) is 6.08 Å². The van der Waals surface area contributed by atoms with Crippen molar-refractivity contribution >= 4 is 48.2 Å². The van der Waals surface area contributed by atoms with Crippen LogP contribution in [0.2, 0.25) is 0 Å². The van der Waals surface area contributed by atoms with Gasteiger partial charge in [0.1, 0.15) is 60.9 Å². The van der Waals surface area contributed by atoms with Gasteiger partial charge >= 0.3 is 42.2 Å². The maximum absolute atomic E-state index is 12.4. The van der Waals surface area contributed by atoms with Crippen molar-refractivity contribution in [1.82, 2.24) is 16.0 Å². The number of isocyanates is 1. The molecule has 22 heteroatoms. The van der Waals surface area contributed by atoms with E-state index in [2.05, 4.69) is 58.9 Å². The number of carbonyl (C=O) groups is 7. The predicted molar refractivity (Wildman–Crippen MR) is 340 cm³/mol. The number of hydrogen-bond acceptors (Lipinski definition) is 19. The van der Waals surface area contributed by atoms with E-state index in [4.69, 9.17) is 28.4 Å². The molecule has 0 saturated heterocycles. The van der Waals surface area contributed by atoms with Crippen LogP contribution < -0.4 is 30.2 Å². The van der Waals surface area contributed by atoms with Gasteiger partial charge in [-0.3, -0.25) is 0 Å². The summed E-state index contributed by atoms with van der Waals surface area (Å²) in [5.74, 6) is -0.761. The molecule has 0 aliphatic carbocycles. The van der Waals surface area contributed by atoms with Gasteiger partial charge in [0, 0.05) is 33.1 Å². The number of aromatic hydroxyl groups is 3. The van der Waals surface area contributed by atoms with Gasteiger partial charge < -0.3 is 64.4 Å². The normalized spacial score (nSPS) is 10.3. The van der Waals surface area contributed by atoms with E-state index in [1.165, 1.54) is 26.9 Å². The lowest BCUT2D eigenvalue weighted by Gasteiger charge is -2.32. The van der Waals surface area contributed by atoms with Crippen LogP contribution in [0.1, 0.15) is 82.3 Å². The fourth-order valence-electron chi connectivity index (χ4n) is 8.00. The molecule has 0 bridgehead atoms. The van der Waals surface area contributed by atoms with Crippen LogP contribution in [0.25, 0.3) is 0 Å². The van der Waals surface area contributed by atoms with E-state index < -0.39 is 53.0 Å². The number of benzene rings is 6. The SMILES string of the molecule is C.C=C(C)C(=O)OCCN=C=O.C=C(C)C(=O)OCCNC(=O)Oc1ccc(C(C)(c2ccc(OC(=O)NCCOC(=O)C(=C)C)cc2)c2ccc(OC(=O)NCCOC(=O)C(=C)C)cc2)cc1.CC(c1ccc(O)cc1)(c1ccc(O)cc1)c1ccc(O)cc1. The van der Waals surface area contributed by atoms with Crippen LogP contribution in [0.4, 0.5) is 14.4 Å². The largest absolute Gasteiger partial charge is 0.508 e. The highest BCUT2D eigenvalue weighted by atomic mass is 16.6. The Bertz CT molecular complexity index is 3190. The molecular formula is C69H76N4O18. The molecule has 91 heavy (non-hydrogen) atoms. The second-order valence-corrected chi connectivity index (χ2v) is 20.1. The van der Waals surface area contributed by atoms with E-state index >= 15 is 0 Å². The lowest BCUT2D eigenvalue weighted by Crippen LogP contribution is -2.31. The lowest BCUT2D eigenvalue weighted by atomic mass is 9.71. The molecule has 0 heterocycles. The average molecular weight is 1250 g/mol. The molecule has 0 atom stereocenters. The molecule has 6 N–H and O–H groups in total. The number of rotatable bonds is 25. The van der Waals surface area contributed by atoms with Crippen molar-refractivity contribution in [3.63, 3.8) is 0 Å². The number of amides is 3. The highest BCUT2D eigenvalue weighted by Crippen LogP contribution is 2.42. The second kappa shape index (κ2) is 36.8. The van der Waals surface area contributed by atoms with Crippen LogP contribution in [-0.4, -0.2) is 116 Å². The summed E-state index contributed by atoms with van der Waals surface area (Å²) in [5, 5.41) is 36.2. The third-order valence-electron chi connectivity index (χ3n) is 13.0. The molecule has 3 amide bonds. The predicted octanol–water partition coefficient (Wildman–Crippen LogP) is 10.9. The van der Waals surface area contributed by atoms with Crippen LogP contribution in [0.15, 0.2) is 199 Å². The number of nitrogens with zero attached hydrogens (tertiary/aromatic N) is 1. The van der Waals surface area contributed by atoms with Gasteiger partial charge in [-0.1, -0.05) is 107 Å². The van der Waals surface area contributed by atoms with Crippen molar-refractivity contribution in [3.8, 4) is 34.5 Å². The number of ether oxygens (including phenoxy) is 7. The van der Waals surface area contributed by atoms with E-state index in [-0.39, 0.29) is 111 Å². The first-order chi connectivity index (χ1) is 42.8. The van der Waals surface area contributed by atoms with Crippen molar-refractivity contribution in [3.05, 3.63) is 228 Å². The zero-order chi connectivity index (χ0) is 66.4. The van der Waals surface area contributed by atoms with E-state index in [1.54, 1.807) is 116 Å². The zero-order valence-corrected chi connectivity index (χ0v) is 50.8. The molecule has 0 saturated carbocycles. The summed E-state index contributed by atoms with van der Waals surface area (Å²) < 4.78 is 35.7. The smallest absolute Gasteiger partial charge is 0.412 e. The summed E-state index contributed by atoms with van der Waals surface area (Å²) in [4.78, 5) is 95.1. The van der Waals surface area contributed by atoms with E-state index in [0.29, 0.717) is 5.57 Å². The molecule has 6 aromatic rings. The van der Waals surface area contributed by atoms with Crippen molar-refractivity contribution in [2.45, 2.75) is 59.8 Å². The Balaban J connectivity index is 0.000000500. The fourth-order valence-corrected chi connectivity index (χ4v) is 8.00. The monoisotopic (exact) mass is 1250 g/mol. The first kappa shape index (κ1) is 74.0. The minimum absolute atomic E-state index is 0. The minimum Gasteiger partial charge on any atom is -0.508 e. The Labute approximate surface area is 528 Å². The molecule has 480 valence electrons. The zero-order valence-electron chi connectivity index (χ0n) is 50.8. The minimum atomic E-state index is -0.851. The van der Waals surface area contributed by atoms with Crippen LogP contribution >= 0.6 is 0 Å². The maximum atomic E-state index is 12.4. The first-order valence-electron chi connectivity index (χ1n) is 27.7. The number of esters is 4. The summed E-state index contributed by atoms with van der Waals surface area (Å²) in [6, 6.07) is 41.7. The summed E-state index contributed by atoms with van der Waals surface area (Å²) in [7, 11) is 0. The Hall–Kier alpha value is -11.3. The molecule has 0 spiro atoms. The van der Waals surface area contributed by atoms with Gasteiger partial charge in [0.05, 0.1) is 26.2 Å². The quantitative estimate of drug-likeness (QED) is 0.00590. The fraction of sp³-hybridized carbons (Fsp3) is 0.246. The Kier molecular flexibility index (Phi) is 29.9. The number of phenols is 3. The molecule has 0 aliphatic heterocycles. The van der Waals surface area contributed by atoms with E-state index in [9.17, 15) is 53.7 Å². The van der Waals surface area contributed by atoms with Gasteiger partial charge in [-0.05, 0) is 148 Å². The summed E-state index contributed by atoms with van der Waals surface area (Å²) in [5.41, 5.74) is 5.10. The molecule has 22 nitrogen and oxygen atoms in total. The highest BCUT2D eigenvalue weighted by Gasteiger charge is 2.33. The number of phenolic OH excluding ortho intramolecular Hbond substituents is 3. The summed E-state index contributed by atoms with van der Waals surface area (Å²) in [6.07, 6.45) is -0.899. The van der Waals surface area contributed by atoms with Gasteiger partial charge in [0.25, 0.3) is 0 Å². The molecule has 0 aromatic heterocycles. The molecule has 0 unspecified atom stereocenters. The molecule has 6 rings (SSSR count). The Morgan fingerprint density at radius 1 is 0.396 bits per heavy atom. The van der Waals surface area contributed by atoms with Crippen molar-refractivity contribution in [2.24, 2.45) is 4.99 Å². The average Bonchev–Trinajstić information content (AvgIpc) is 0.829. The van der Waals surface area contributed by atoms with E-state index in [1.807, 2.05) is 43.3 Å². The number of hydrogen-bond donors (Lipinski definition) is 6. The standard InChI is InChI=1S/C41H45N3O12.C20H18O3.C7H9NO3.CH4/c1-26(2)35(45)51-23-20-42-38(48)54-32-14-8-29(9-15-32)41(7,30-10-16-33(17-11-30)55-39(49)43-21-24-52-36(46)27(3)4)31-12-18-34(19-13-31)56-40(50)44-22-25-53-37(47)28(5)6;1-20(14-2-8-17(21)9-3-14,15-4-10-18(22)11-5-15)16-6-12-19(23)13-7-16;1-6(2)7(10)11-4-3-8-5-9;/h8-19H,1,3,5,20-25H2,2,4,6-7H3,(H,42,48)(H,43,49)(H,44,50);2-13,21-23H,1H3;1,3-4H2,2H3;1H4. The number of aliphatic imine (C=N–C) groups is 1. The van der Waals surface area contributed by atoms with Crippen LogP contribution in [0.3, 0.4) is 0 Å². The van der Waals surface area contributed by atoms with Gasteiger partial charge in [-0.15, -0.1) is 0 Å². The summed E-state index contributed by atoms with van der Waals surface area (Å²) in [6.45, 7) is 24.2. The van der Waals surface area contributed by atoms with Crippen LogP contribution in [0, 0.1) is 0 Å². The van der Waals surface area contributed by atoms with Crippen molar-refractivity contribution in [1.29, 1.82) is 0 Å². The Morgan fingerprint density at radius 3 is 0.813 bits per heavy atom. The maximum Gasteiger partial charge on any atom is 0.412 e.